The number of hydrogen-bond donors (Lipinski definition) is 1. The van der Waals surface area contributed by atoms with Gasteiger partial charge in [0.25, 0.3) is 0 Å². The van der Waals surface area contributed by atoms with Crippen molar-refractivity contribution in [3.05, 3.63) is 28.8 Å². The molecule has 2 aliphatic rings. The summed E-state index contributed by atoms with van der Waals surface area (Å²) in [4.78, 5) is 26.2. The fraction of sp³-hybridized carbons (Fsp3) is 0.357. The molecule has 1 saturated carbocycles. The van der Waals surface area contributed by atoms with E-state index in [0.29, 0.717) is 22.7 Å². The molecule has 2 N–H and O–H groups in total. The second-order valence-corrected chi connectivity index (χ2v) is 6.10. The van der Waals surface area contributed by atoms with Gasteiger partial charge in [-0.3, -0.25) is 9.59 Å². The second kappa shape index (κ2) is 4.82. The summed E-state index contributed by atoms with van der Waals surface area (Å²) < 4.78 is 0. The predicted octanol–water partition coefficient (Wildman–Crippen LogP) is 2.26. The van der Waals surface area contributed by atoms with E-state index in [9.17, 15) is 9.59 Å². The van der Waals surface area contributed by atoms with E-state index in [1.165, 1.54) is 4.90 Å². The van der Waals surface area contributed by atoms with Crippen LogP contribution in [0.2, 0.25) is 5.02 Å². The molecule has 1 aliphatic carbocycles. The molecule has 1 saturated heterocycles. The SMILES string of the molecule is NC(=S)c1ccc(Cl)c(N2C(=O)C3CCC(C3)C2=O)c1. The number of thiocarbonyl (C=S) groups is 1. The van der Waals surface area contributed by atoms with Gasteiger partial charge in [0.15, 0.2) is 0 Å². The maximum atomic E-state index is 12.4. The monoisotopic (exact) mass is 308 g/mol. The van der Waals surface area contributed by atoms with Crippen LogP contribution < -0.4 is 10.6 Å². The number of nitrogens with zero attached hydrogens (tertiary/aromatic N) is 1. The molecule has 2 amide bonds. The number of amides is 2. The molecule has 0 radical (unpaired) electrons. The molecule has 4 nitrogen and oxygen atoms in total. The quantitative estimate of drug-likeness (QED) is 0.672. The summed E-state index contributed by atoms with van der Waals surface area (Å²) in [6.45, 7) is 0. The zero-order valence-electron chi connectivity index (χ0n) is 10.6. The van der Waals surface area contributed by atoms with Crippen molar-refractivity contribution in [3.8, 4) is 0 Å². The van der Waals surface area contributed by atoms with Crippen LogP contribution in [-0.2, 0) is 9.59 Å². The first-order valence-electron chi connectivity index (χ1n) is 6.46. The van der Waals surface area contributed by atoms with Crippen molar-refractivity contribution in [3.63, 3.8) is 0 Å². The van der Waals surface area contributed by atoms with Crippen molar-refractivity contribution in [2.45, 2.75) is 19.3 Å². The zero-order valence-corrected chi connectivity index (χ0v) is 12.2. The summed E-state index contributed by atoms with van der Waals surface area (Å²) in [5.74, 6) is -0.457. The Hall–Kier alpha value is -1.46. The lowest BCUT2D eigenvalue weighted by atomic mass is 9.96. The van der Waals surface area contributed by atoms with Crippen LogP contribution in [0.25, 0.3) is 0 Å². The van der Waals surface area contributed by atoms with Gasteiger partial charge in [-0.15, -0.1) is 0 Å². The Kier molecular flexibility index (Phi) is 3.26. The largest absolute Gasteiger partial charge is 0.389 e. The minimum absolute atomic E-state index is 0.0674. The predicted molar refractivity (Wildman–Crippen MR) is 80.7 cm³/mol. The molecule has 1 aliphatic heterocycles. The van der Waals surface area contributed by atoms with E-state index in [1.54, 1.807) is 18.2 Å². The number of fused-ring (bicyclic) bond motifs is 2. The number of nitrogens with two attached hydrogens (primary N) is 1. The van der Waals surface area contributed by atoms with Gasteiger partial charge in [0.2, 0.25) is 11.8 Å². The second-order valence-electron chi connectivity index (χ2n) is 5.25. The molecule has 104 valence electrons. The molecule has 0 aromatic heterocycles. The summed E-state index contributed by atoms with van der Waals surface area (Å²) in [5.41, 5.74) is 6.59. The first-order chi connectivity index (χ1) is 9.49. The van der Waals surface area contributed by atoms with Crippen molar-refractivity contribution in [1.29, 1.82) is 0 Å². The van der Waals surface area contributed by atoms with Crippen LogP contribution in [0.15, 0.2) is 18.2 Å². The lowest BCUT2D eigenvalue weighted by Gasteiger charge is -2.30. The van der Waals surface area contributed by atoms with Crippen molar-refractivity contribution in [2.24, 2.45) is 17.6 Å². The van der Waals surface area contributed by atoms with Crippen LogP contribution in [0, 0.1) is 11.8 Å². The topological polar surface area (TPSA) is 63.4 Å². The number of carbonyl (C=O) groups excluding carboxylic acids is 2. The summed E-state index contributed by atoms with van der Waals surface area (Å²) in [5, 5.41) is 0.355. The van der Waals surface area contributed by atoms with E-state index < -0.39 is 0 Å². The van der Waals surface area contributed by atoms with Crippen molar-refractivity contribution in [2.75, 3.05) is 4.90 Å². The van der Waals surface area contributed by atoms with Crippen LogP contribution >= 0.6 is 23.8 Å². The minimum atomic E-state index is -0.161. The highest BCUT2D eigenvalue weighted by Gasteiger charge is 2.46. The molecule has 0 spiro atoms. The van der Waals surface area contributed by atoms with E-state index in [1.807, 2.05) is 0 Å². The summed E-state index contributed by atoms with van der Waals surface area (Å²) in [6, 6.07) is 4.91. The number of piperidine rings is 1. The van der Waals surface area contributed by atoms with Gasteiger partial charge in [0.05, 0.1) is 10.7 Å². The molecule has 2 unspecified atom stereocenters. The molecule has 1 heterocycles. The Balaban J connectivity index is 2.07. The number of carbonyl (C=O) groups is 2. The lowest BCUT2D eigenvalue weighted by molar-refractivity contribution is -0.132. The maximum absolute atomic E-state index is 12.4. The first kappa shape index (κ1) is 13.5. The molecule has 2 atom stereocenters. The smallest absolute Gasteiger partial charge is 0.236 e. The van der Waals surface area contributed by atoms with E-state index >= 15 is 0 Å². The minimum Gasteiger partial charge on any atom is -0.389 e. The van der Waals surface area contributed by atoms with Gasteiger partial charge in [-0.25, -0.2) is 4.90 Å². The van der Waals surface area contributed by atoms with Gasteiger partial charge in [-0.1, -0.05) is 29.9 Å². The molecule has 20 heavy (non-hydrogen) atoms. The lowest BCUT2D eigenvalue weighted by Crippen LogP contribution is -2.46. The standard InChI is InChI=1S/C14H13ClN2O2S/c15-10-4-3-7(12(16)20)6-11(10)17-13(18)8-1-2-9(5-8)14(17)19/h3-4,6,8-9H,1-2,5H2,(H2,16,20). The maximum Gasteiger partial charge on any atom is 0.236 e. The van der Waals surface area contributed by atoms with Crippen molar-refractivity contribution >= 4 is 46.3 Å². The van der Waals surface area contributed by atoms with Crippen LogP contribution in [0.5, 0.6) is 0 Å². The molecule has 2 fully saturated rings. The first-order valence-corrected chi connectivity index (χ1v) is 7.25. The highest BCUT2D eigenvalue weighted by Crippen LogP contribution is 2.41. The van der Waals surface area contributed by atoms with Crippen molar-refractivity contribution < 1.29 is 9.59 Å². The van der Waals surface area contributed by atoms with Crippen LogP contribution in [0.4, 0.5) is 5.69 Å². The number of hydrogen-bond acceptors (Lipinski definition) is 3. The van der Waals surface area contributed by atoms with Gasteiger partial charge < -0.3 is 5.73 Å². The molecular formula is C14H13ClN2O2S. The van der Waals surface area contributed by atoms with E-state index in [0.717, 1.165) is 12.8 Å². The van der Waals surface area contributed by atoms with Crippen molar-refractivity contribution in [1.82, 2.24) is 0 Å². The number of halogens is 1. The Morgan fingerprint density at radius 3 is 2.40 bits per heavy atom. The summed E-state index contributed by atoms with van der Waals surface area (Å²) >= 11 is 11.1. The molecular weight excluding hydrogens is 296 g/mol. The third-order valence-corrected chi connectivity index (χ3v) is 4.60. The number of rotatable bonds is 2. The van der Waals surface area contributed by atoms with Gasteiger partial charge >= 0.3 is 0 Å². The van der Waals surface area contributed by atoms with Crippen LogP contribution in [-0.4, -0.2) is 16.8 Å². The number of imide groups is 1. The molecule has 1 aromatic carbocycles. The molecule has 3 rings (SSSR count). The normalized spacial score (nSPS) is 25.1. The van der Waals surface area contributed by atoms with Gasteiger partial charge in [0, 0.05) is 17.4 Å². The van der Waals surface area contributed by atoms with Crippen LogP contribution in [0.3, 0.4) is 0 Å². The van der Waals surface area contributed by atoms with Crippen LogP contribution in [0.1, 0.15) is 24.8 Å². The summed E-state index contributed by atoms with van der Waals surface area (Å²) in [6.07, 6.45) is 2.22. The fourth-order valence-electron chi connectivity index (χ4n) is 2.98. The van der Waals surface area contributed by atoms with Gasteiger partial charge in [-0.05, 0) is 31.4 Å². The number of benzene rings is 1. The Labute approximate surface area is 126 Å². The van der Waals surface area contributed by atoms with E-state index in [4.69, 9.17) is 29.6 Å². The fourth-order valence-corrected chi connectivity index (χ4v) is 3.31. The van der Waals surface area contributed by atoms with Gasteiger partial charge in [-0.2, -0.15) is 0 Å². The highest BCUT2D eigenvalue weighted by atomic mass is 35.5. The molecule has 2 bridgehead atoms. The van der Waals surface area contributed by atoms with E-state index in [-0.39, 0.29) is 28.6 Å². The van der Waals surface area contributed by atoms with Gasteiger partial charge in [0.1, 0.15) is 4.99 Å². The number of anilines is 1. The Morgan fingerprint density at radius 1 is 1.25 bits per heavy atom. The van der Waals surface area contributed by atoms with E-state index in [2.05, 4.69) is 0 Å². The average Bonchev–Trinajstić information content (AvgIpc) is 2.85. The Bertz CT molecular complexity index is 610. The third-order valence-electron chi connectivity index (χ3n) is 4.04. The Morgan fingerprint density at radius 2 is 1.85 bits per heavy atom. The molecule has 6 heteroatoms. The highest BCUT2D eigenvalue weighted by molar-refractivity contribution is 7.80. The summed E-state index contributed by atoms with van der Waals surface area (Å²) in [7, 11) is 0. The third kappa shape index (κ3) is 2.01. The molecule has 1 aromatic rings. The average molecular weight is 309 g/mol. The zero-order chi connectivity index (χ0) is 14.4.